The van der Waals surface area contributed by atoms with E-state index in [1.54, 1.807) is 9.80 Å². The van der Waals surface area contributed by atoms with Crippen LogP contribution in [0.15, 0.2) is 108 Å². The number of hydrogen-bond donors (Lipinski definition) is 1. The minimum Gasteiger partial charge on any atom is -0.476 e. The third-order valence-corrected chi connectivity index (χ3v) is 5.10. The Hall–Kier alpha value is -3.80. The van der Waals surface area contributed by atoms with Crippen LogP contribution >= 0.6 is 0 Å². The van der Waals surface area contributed by atoms with Crippen molar-refractivity contribution >= 4 is 29.2 Å². The van der Waals surface area contributed by atoms with Gasteiger partial charge in [0.2, 0.25) is 0 Å². The van der Waals surface area contributed by atoms with Crippen LogP contribution in [0.4, 0.5) is 0 Å². The fourth-order valence-corrected chi connectivity index (χ4v) is 3.84. The van der Waals surface area contributed by atoms with E-state index in [1.807, 2.05) is 94.9 Å². The van der Waals surface area contributed by atoms with Gasteiger partial charge in [0.25, 0.3) is 6.71 Å². The molecule has 0 spiro atoms. The minimum atomic E-state index is -1.07. The van der Waals surface area contributed by atoms with Gasteiger partial charge < -0.3 is 14.9 Å². The number of carbonyl (C=O) groups is 1. The Morgan fingerprint density at radius 3 is 1.50 bits per heavy atom. The summed E-state index contributed by atoms with van der Waals surface area (Å²) in [5.74, 6) is -0.554. The summed E-state index contributed by atoms with van der Waals surface area (Å²) in [4.78, 5) is 20.8. The van der Waals surface area contributed by atoms with Crippen LogP contribution in [-0.4, -0.2) is 61.4 Å². The molecule has 0 fully saturated rings. The number of nitrogens with zero attached hydrogens (tertiary/aromatic N) is 3. The maximum Gasteiger partial charge on any atom is 0.358 e. The molecule has 0 aliphatic heterocycles. The molecule has 0 saturated heterocycles. The first-order valence-electron chi connectivity index (χ1n) is 10.5. The first-order valence-corrected chi connectivity index (χ1v) is 10.5. The summed E-state index contributed by atoms with van der Waals surface area (Å²) in [5.41, 5.74) is 3.64. The van der Waals surface area contributed by atoms with Crippen molar-refractivity contribution in [1.29, 1.82) is 0 Å². The molecule has 0 aliphatic carbocycles. The Labute approximate surface area is 190 Å². The third kappa shape index (κ3) is 5.27. The molecule has 1 N–H and O–H groups in total. The highest BCUT2D eigenvalue weighted by Gasteiger charge is 2.29. The fourth-order valence-electron chi connectivity index (χ4n) is 3.84. The lowest BCUT2D eigenvalue weighted by Crippen LogP contribution is -2.50. The van der Waals surface area contributed by atoms with Crippen LogP contribution in [0.3, 0.4) is 0 Å². The van der Waals surface area contributed by atoms with E-state index in [0.29, 0.717) is 11.4 Å². The van der Waals surface area contributed by atoms with E-state index in [-0.39, 0.29) is 12.4 Å². The largest absolute Gasteiger partial charge is 0.476 e. The Bertz CT molecular complexity index is 1050. The number of rotatable bonds is 8. The van der Waals surface area contributed by atoms with Gasteiger partial charge in [0.15, 0.2) is 5.70 Å². The first kappa shape index (κ1) is 22.9. The molecule has 162 valence electrons. The molecular weight excluding hydrogens is 397 g/mol. The average molecular weight is 425 g/mol. The maximum absolute atomic E-state index is 12.4. The summed E-state index contributed by atoms with van der Waals surface area (Å²) in [6, 6.07) is 29.9. The summed E-state index contributed by atoms with van der Waals surface area (Å²) >= 11 is 0. The topological polar surface area (TPSA) is 56.1 Å². The van der Waals surface area contributed by atoms with Gasteiger partial charge in [-0.25, -0.2) is 4.79 Å². The molecule has 0 amide bonds. The van der Waals surface area contributed by atoms with E-state index in [2.05, 4.69) is 24.3 Å². The van der Waals surface area contributed by atoms with Crippen molar-refractivity contribution in [2.45, 2.75) is 0 Å². The summed E-state index contributed by atoms with van der Waals surface area (Å²) in [6.07, 6.45) is 0. The number of benzene rings is 3. The Morgan fingerprint density at radius 1 is 0.719 bits per heavy atom. The summed E-state index contributed by atoms with van der Waals surface area (Å²) < 4.78 is 0. The van der Waals surface area contributed by atoms with Crippen LogP contribution in [0.1, 0.15) is 5.56 Å². The molecule has 3 aromatic carbocycles. The maximum atomic E-state index is 12.4. The predicted molar refractivity (Wildman–Crippen MR) is 133 cm³/mol. The highest BCUT2D eigenvalue weighted by Crippen LogP contribution is 2.16. The van der Waals surface area contributed by atoms with Gasteiger partial charge in [-0.3, -0.25) is 4.99 Å². The van der Waals surface area contributed by atoms with Crippen LogP contribution in [0, 0.1) is 0 Å². The number of carboxylic acid groups (broad SMARTS) is 1. The molecule has 5 nitrogen and oxygen atoms in total. The Kier molecular flexibility index (Phi) is 7.50. The summed E-state index contributed by atoms with van der Waals surface area (Å²) in [5, 5.41) is 10.1. The van der Waals surface area contributed by atoms with Gasteiger partial charge in [0.1, 0.15) is 5.82 Å². The van der Waals surface area contributed by atoms with Gasteiger partial charge in [-0.15, -0.1) is 0 Å². The second kappa shape index (κ2) is 10.5. The van der Waals surface area contributed by atoms with Crippen LogP contribution < -0.4 is 10.9 Å². The molecular formula is C26H28BN3O2. The number of aliphatic imine (C=N–C) groups is 1. The van der Waals surface area contributed by atoms with Crippen LogP contribution in [-0.2, 0) is 4.79 Å². The van der Waals surface area contributed by atoms with E-state index in [9.17, 15) is 9.90 Å². The lowest BCUT2D eigenvalue weighted by atomic mass is 9.36. The minimum absolute atomic E-state index is 0.00397. The molecule has 0 atom stereocenters. The SMILES string of the molecule is CN(C)C(=C(N=C(B(c1ccccc1)c1ccccc1)c1ccccc1)C(=O)O)N(C)C. The van der Waals surface area contributed by atoms with Crippen molar-refractivity contribution in [3.05, 3.63) is 108 Å². The van der Waals surface area contributed by atoms with Gasteiger partial charge >= 0.3 is 5.97 Å². The van der Waals surface area contributed by atoms with Crippen molar-refractivity contribution in [2.75, 3.05) is 28.2 Å². The standard InChI is InChI=1S/C26H28BN3O2/c1-29(2)25(30(3)4)23(26(31)32)28-24(20-14-8-5-9-15-20)27(21-16-10-6-11-17-21)22-18-12-7-13-19-22/h5-19H,1-4H3,(H,31,32). The zero-order valence-electron chi connectivity index (χ0n) is 18.9. The van der Waals surface area contributed by atoms with Crippen LogP contribution in [0.5, 0.6) is 0 Å². The average Bonchev–Trinajstić information content (AvgIpc) is 2.79. The normalized spacial score (nSPS) is 10.9. The Morgan fingerprint density at radius 2 is 1.12 bits per heavy atom. The van der Waals surface area contributed by atoms with Gasteiger partial charge in [-0.1, -0.05) is 102 Å². The monoisotopic (exact) mass is 425 g/mol. The van der Waals surface area contributed by atoms with E-state index < -0.39 is 5.97 Å². The number of carboxylic acids is 1. The molecule has 0 bridgehead atoms. The smallest absolute Gasteiger partial charge is 0.358 e. The highest BCUT2D eigenvalue weighted by atomic mass is 16.4. The lowest BCUT2D eigenvalue weighted by molar-refractivity contribution is -0.133. The van der Waals surface area contributed by atoms with Crippen molar-refractivity contribution in [1.82, 2.24) is 9.80 Å². The summed E-state index contributed by atoms with van der Waals surface area (Å²) in [7, 11) is 7.29. The molecule has 32 heavy (non-hydrogen) atoms. The zero-order chi connectivity index (χ0) is 23.1. The summed E-state index contributed by atoms with van der Waals surface area (Å²) in [6.45, 7) is -0.236. The molecule has 0 radical (unpaired) electrons. The third-order valence-electron chi connectivity index (χ3n) is 5.10. The molecule has 6 heteroatoms. The Balaban J connectivity index is 2.37. The molecule has 0 unspecified atom stereocenters. The molecule has 0 heterocycles. The van der Waals surface area contributed by atoms with Crippen molar-refractivity contribution in [3.63, 3.8) is 0 Å². The zero-order valence-corrected chi connectivity index (χ0v) is 18.9. The number of aliphatic carboxylic acids is 1. The molecule has 0 aromatic heterocycles. The molecule has 3 rings (SSSR count). The van der Waals surface area contributed by atoms with E-state index >= 15 is 0 Å². The number of hydrogen-bond acceptors (Lipinski definition) is 4. The fraction of sp³-hybridized carbons (Fsp3) is 0.154. The first-order chi connectivity index (χ1) is 15.4. The molecule has 3 aromatic rings. The van der Waals surface area contributed by atoms with E-state index in [0.717, 1.165) is 16.5 Å². The lowest BCUT2D eigenvalue weighted by Gasteiger charge is -2.26. The van der Waals surface area contributed by atoms with Crippen molar-refractivity contribution in [3.8, 4) is 0 Å². The van der Waals surface area contributed by atoms with Crippen LogP contribution in [0.2, 0.25) is 0 Å². The van der Waals surface area contributed by atoms with Gasteiger partial charge in [-0.05, 0) is 5.56 Å². The van der Waals surface area contributed by atoms with E-state index in [4.69, 9.17) is 4.99 Å². The van der Waals surface area contributed by atoms with Gasteiger partial charge in [0, 0.05) is 33.8 Å². The molecule has 0 saturated carbocycles. The van der Waals surface area contributed by atoms with Crippen molar-refractivity contribution < 1.29 is 9.90 Å². The van der Waals surface area contributed by atoms with Crippen LogP contribution in [0.25, 0.3) is 0 Å². The molecule has 0 aliphatic rings. The highest BCUT2D eigenvalue weighted by molar-refractivity contribution is 7.10. The van der Waals surface area contributed by atoms with Gasteiger partial charge in [-0.2, -0.15) is 0 Å². The van der Waals surface area contributed by atoms with E-state index in [1.165, 1.54) is 0 Å². The predicted octanol–water partition coefficient (Wildman–Crippen LogP) is 2.70. The van der Waals surface area contributed by atoms with Gasteiger partial charge in [0.05, 0.1) is 0 Å². The van der Waals surface area contributed by atoms with Crippen molar-refractivity contribution in [2.24, 2.45) is 4.99 Å². The quantitative estimate of drug-likeness (QED) is 0.343. The second-order valence-electron chi connectivity index (χ2n) is 7.88. The second-order valence-corrected chi connectivity index (χ2v) is 7.88.